The zero-order valence-corrected chi connectivity index (χ0v) is 11.6. The minimum atomic E-state index is -0.0273. The standard InChI is InChI=1S/C18H18O2/c1-13-5-4-6-14(11-13)12-17(19)15-9-10-20-18-8-3-2-7-16(15)18/h2-8,11,15H,9-10,12H2,1H3. The van der Waals surface area contributed by atoms with Gasteiger partial charge in [-0.2, -0.15) is 0 Å². The highest BCUT2D eigenvalue weighted by atomic mass is 16.5. The highest BCUT2D eigenvalue weighted by Gasteiger charge is 2.27. The quantitative estimate of drug-likeness (QED) is 0.847. The molecule has 20 heavy (non-hydrogen) atoms. The van der Waals surface area contributed by atoms with E-state index < -0.39 is 0 Å². The van der Waals surface area contributed by atoms with E-state index in [2.05, 4.69) is 19.1 Å². The smallest absolute Gasteiger partial charge is 0.144 e. The SMILES string of the molecule is Cc1cccc(CC(=O)C2CCOc3ccccc32)c1. The summed E-state index contributed by atoms with van der Waals surface area (Å²) in [6.07, 6.45) is 1.28. The molecule has 0 saturated carbocycles. The summed E-state index contributed by atoms with van der Waals surface area (Å²) in [7, 11) is 0. The highest BCUT2D eigenvalue weighted by Crippen LogP contribution is 2.34. The Kier molecular flexibility index (Phi) is 3.55. The van der Waals surface area contributed by atoms with E-state index >= 15 is 0 Å². The van der Waals surface area contributed by atoms with Crippen LogP contribution in [-0.4, -0.2) is 12.4 Å². The van der Waals surface area contributed by atoms with Crippen LogP contribution in [0.5, 0.6) is 5.75 Å². The molecule has 0 N–H and O–H groups in total. The average molecular weight is 266 g/mol. The molecule has 102 valence electrons. The number of Topliss-reactive ketones (excluding diaryl/α,β-unsaturated/α-hetero) is 1. The molecule has 0 saturated heterocycles. The Bertz CT molecular complexity index is 631. The maximum absolute atomic E-state index is 12.6. The molecule has 1 heterocycles. The second-order valence-corrected chi connectivity index (χ2v) is 5.36. The summed E-state index contributed by atoms with van der Waals surface area (Å²) in [5.74, 6) is 1.12. The number of aryl methyl sites for hydroxylation is 1. The third-order valence-electron chi connectivity index (χ3n) is 3.81. The molecule has 0 radical (unpaired) electrons. The first-order chi connectivity index (χ1) is 9.74. The number of carbonyl (C=O) groups excluding carboxylic acids is 1. The van der Waals surface area contributed by atoms with Gasteiger partial charge >= 0.3 is 0 Å². The van der Waals surface area contributed by atoms with Gasteiger partial charge in [-0.15, -0.1) is 0 Å². The molecule has 0 aliphatic carbocycles. The minimum Gasteiger partial charge on any atom is -0.493 e. The number of ether oxygens (including phenoxy) is 1. The van der Waals surface area contributed by atoms with Crippen LogP contribution in [0.15, 0.2) is 48.5 Å². The van der Waals surface area contributed by atoms with Crippen molar-refractivity contribution in [1.82, 2.24) is 0 Å². The Hall–Kier alpha value is -2.09. The molecule has 1 aliphatic rings. The van der Waals surface area contributed by atoms with E-state index in [1.54, 1.807) is 0 Å². The molecule has 0 amide bonds. The Balaban J connectivity index is 1.82. The summed E-state index contributed by atoms with van der Waals surface area (Å²) in [5.41, 5.74) is 3.33. The van der Waals surface area contributed by atoms with E-state index in [-0.39, 0.29) is 11.7 Å². The van der Waals surface area contributed by atoms with Gasteiger partial charge in [0, 0.05) is 17.9 Å². The molecule has 1 unspecified atom stereocenters. The summed E-state index contributed by atoms with van der Waals surface area (Å²) in [6, 6.07) is 16.0. The number of ketones is 1. The molecule has 1 atom stereocenters. The molecule has 2 heteroatoms. The summed E-state index contributed by atoms with van der Waals surface area (Å²) >= 11 is 0. The Morgan fingerprint density at radius 1 is 1.20 bits per heavy atom. The average Bonchev–Trinajstić information content (AvgIpc) is 2.46. The lowest BCUT2D eigenvalue weighted by atomic mass is 9.86. The van der Waals surface area contributed by atoms with Gasteiger partial charge in [0.15, 0.2) is 0 Å². The van der Waals surface area contributed by atoms with Gasteiger partial charge in [-0.3, -0.25) is 4.79 Å². The molecule has 2 aromatic carbocycles. The van der Waals surface area contributed by atoms with Crippen LogP contribution >= 0.6 is 0 Å². The number of fused-ring (bicyclic) bond motifs is 1. The van der Waals surface area contributed by atoms with Gasteiger partial charge in [-0.1, -0.05) is 48.0 Å². The predicted molar refractivity (Wildman–Crippen MR) is 79.2 cm³/mol. The maximum Gasteiger partial charge on any atom is 0.144 e. The van der Waals surface area contributed by atoms with Crippen LogP contribution in [0, 0.1) is 6.92 Å². The van der Waals surface area contributed by atoms with Crippen molar-refractivity contribution in [3.8, 4) is 5.75 Å². The van der Waals surface area contributed by atoms with Crippen molar-refractivity contribution < 1.29 is 9.53 Å². The first-order valence-electron chi connectivity index (χ1n) is 7.04. The van der Waals surface area contributed by atoms with Crippen molar-refractivity contribution in [1.29, 1.82) is 0 Å². The number of hydrogen-bond acceptors (Lipinski definition) is 2. The highest BCUT2D eigenvalue weighted by molar-refractivity contribution is 5.88. The molecule has 3 rings (SSSR count). The van der Waals surface area contributed by atoms with Crippen LogP contribution in [0.1, 0.15) is 29.0 Å². The topological polar surface area (TPSA) is 26.3 Å². The Labute approximate surface area is 119 Å². The molecule has 0 spiro atoms. The van der Waals surface area contributed by atoms with E-state index in [0.717, 1.165) is 23.3 Å². The van der Waals surface area contributed by atoms with E-state index in [0.29, 0.717) is 13.0 Å². The molecule has 0 aromatic heterocycles. The molecule has 0 fully saturated rings. The summed E-state index contributed by atoms with van der Waals surface area (Å²) in [5, 5.41) is 0. The first-order valence-corrected chi connectivity index (χ1v) is 7.04. The lowest BCUT2D eigenvalue weighted by molar-refractivity contribution is -0.120. The number of rotatable bonds is 3. The number of benzene rings is 2. The van der Waals surface area contributed by atoms with Gasteiger partial charge in [0.25, 0.3) is 0 Å². The van der Waals surface area contributed by atoms with Crippen LogP contribution in [0.3, 0.4) is 0 Å². The summed E-state index contributed by atoms with van der Waals surface area (Å²) < 4.78 is 5.62. The van der Waals surface area contributed by atoms with E-state index in [9.17, 15) is 4.79 Å². The Morgan fingerprint density at radius 2 is 2.05 bits per heavy atom. The summed E-state index contributed by atoms with van der Waals surface area (Å²) in [6.45, 7) is 2.68. The van der Waals surface area contributed by atoms with Crippen LogP contribution in [-0.2, 0) is 11.2 Å². The zero-order chi connectivity index (χ0) is 13.9. The molecular weight excluding hydrogens is 248 g/mol. The van der Waals surface area contributed by atoms with Gasteiger partial charge in [0.2, 0.25) is 0 Å². The van der Waals surface area contributed by atoms with Crippen molar-refractivity contribution in [3.63, 3.8) is 0 Å². The number of hydrogen-bond donors (Lipinski definition) is 0. The molecule has 0 bridgehead atoms. The lowest BCUT2D eigenvalue weighted by Crippen LogP contribution is -2.22. The van der Waals surface area contributed by atoms with Crippen LogP contribution < -0.4 is 4.74 Å². The fourth-order valence-electron chi connectivity index (χ4n) is 2.82. The molecular formula is C18H18O2. The fraction of sp³-hybridized carbons (Fsp3) is 0.278. The Morgan fingerprint density at radius 3 is 2.90 bits per heavy atom. The first kappa shape index (κ1) is 12.9. The van der Waals surface area contributed by atoms with Crippen molar-refractivity contribution in [3.05, 3.63) is 65.2 Å². The van der Waals surface area contributed by atoms with Crippen LogP contribution in [0.25, 0.3) is 0 Å². The normalized spacial score (nSPS) is 17.1. The van der Waals surface area contributed by atoms with Crippen LogP contribution in [0.4, 0.5) is 0 Å². The zero-order valence-electron chi connectivity index (χ0n) is 11.6. The molecule has 2 aromatic rings. The van der Waals surface area contributed by atoms with E-state index in [1.807, 2.05) is 36.4 Å². The number of para-hydroxylation sites is 1. The fourth-order valence-corrected chi connectivity index (χ4v) is 2.82. The number of carbonyl (C=O) groups is 1. The van der Waals surface area contributed by atoms with E-state index in [1.165, 1.54) is 5.56 Å². The van der Waals surface area contributed by atoms with Gasteiger partial charge in [-0.25, -0.2) is 0 Å². The predicted octanol–water partition coefficient (Wildman–Crippen LogP) is 3.67. The van der Waals surface area contributed by atoms with Gasteiger partial charge in [0.1, 0.15) is 11.5 Å². The van der Waals surface area contributed by atoms with Crippen molar-refractivity contribution in [2.45, 2.75) is 25.7 Å². The molecule has 2 nitrogen and oxygen atoms in total. The molecule has 1 aliphatic heterocycles. The van der Waals surface area contributed by atoms with Crippen molar-refractivity contribution in [2.24, 2.45) is 0 Å². The van der Waals surface area contributed by atoms with Crippen LogP contribution in [0.2, 0.25) is 0 Å². The third-order valence-corrected chi connectivity index (χ3v) is 3.81. The largest absolute Gasteiger partial charge is 0.493 e. The van der Waals surface area contributed by atoms with Crippen molar-refractivity contribution >= 4 is 5.78 Å². The monoisotopic (exact) mass is 266 g/mol. The van der Waals surface area contributed by atoms with Gasteiger partial charge < -0.3 is 4.74 Å². The lowest BCUT2D eigenvalue weighted by Gasteiger charge is -2.24. The second-order valence-electron chi connectivity index (χ2n) is 5.36. The summed E-state index contributed by atoms with van der Waals surface area (Å²) in [4.78, 5) is 12.6. The van der Waals surface area contributed by atoms with Gasteiger partial charge in [-0.05, 0) is 25.0 Å². The maximum atomic E-state index is 12.6. The van der Waals surface area contributed by atoms with E-state index in [4.69, 9.17) is 4.74 Å². The third kappa shape index (κ3) is 2.60. The minimum absolute atomic E-state index is 0.0273. The van der Waals surface area contributed by atoms with Gasteiger partial charge in [0.05, 0.1) is 6.61 Å². The second kappa shape index (κ2) is 5.49. The van der Waals surface area contributed by atoms with Crippen molar-refractivity contribution in [2.75, 3.05) is 6.61 Å².